The molecule has 33 heavy (non-hydrogen) atoms. The van der Waals surface area contributed by atoms with Gasteiger partial charge < -0.3 is 20.9 Å². The number of nitrogens with one attached hydrogen (secondary N) is 3. The molecule has 3 aromatic rings. The molecule has 1 atom stereocenters. The molecule has 0 bridgehead atoms. The van der Waals surface area contributed by atoms with E-state index in [1.807, 2.05) is 37.3 Å². The zero-order chi connectivity index (χ0) is 23.8. The quantitative estimate of drug-likeness (QED) is 0.491. The number of carbonyl (C=O) groups excluding carboxylic acids is 3. The lowest BCUT2D eigenvalue weighted by molar-refractivity contribution is -0.114. The fraction of sp³-hybridized carbons (Fsp3) is 0.192. The van der Waals surface area contributed by atoms with Crippen LogP contribution in [0.25, 0.3) is 0 Å². The predicted octanol–water partition coefficient (Wildman–Crippen LogP) is 3.93. The van der Waals surface area contributed by atoms with Crippen LogP contribution in [0.2, 0.25) is 0 Å². The van der Waals surface area contributed by atoms with Gasteiger partial charge in [0.2, 0.25) is 5.91 Å². The zero-order valence-corrected chi connectivity index (χ0v) is 19.0. The van der Waals surface area contributed by atoms with Gasteiger partial charge >= 0.3 is 0 Å². The van der Waals surface area contributed by atoms with Crippen LogP contribution in [0.4, 0.5) is 11.4 Å². The molecule has 7 heteroatoms. The molecule has 0 radical (unpaired) electrons. The SMILES string of the molecule is CC(NC(=O)c1cccc(NCC(=O)Nc2cccc(C(=O)N(C)C)c2)c1)c1ccccc1. The number of rotatable bonds is 8. The van der Waals surface area contributed by atoms with E-state index in [0.29, 0.717) is 22.5 Å². The van der Waals surface area contributed by atoms with Gasteiger partial charge in [0.05, 0.1) is 12.6 Å². The van der Waals surface area contributed by atoms with Crippen LogP contribution in [0, 0.1) is 0 Å². The molecule has 0 aliphatic heterocycles. The van der Waals surface area contributed by atoms with Gasteiger partial charge in [-0.25, -0.2) is 0 Å². The van der Waals surface area contributed by atoms with Gasteiger partial charge in [-0.05, 0) is 48.9 Å². The standard InChI is InChI=1S/C26H28N4O3/c1-18(19-9-5-4-6-10-19)28-25(32)20-11-7-13-22(15-20)27-17-24(31)29-23-14-8-12-21(16-23)26(33)30(2)3/h4-16,18,27H,17H2,1-3H3,(H,28,32)(H,29,31). The third kappa shape index (κ3) is 6.67. The van der Waals surface area contributed by atoms with Crippen LogP contribution in [-0.2, 0) is 4.79 Å². The molecule has 0 spiro atoms. The average Bonchev–Trinajstić information content (AvgIpc) is 2.83. The van der Waals surface area contributed by atoms with Crippen molar-refractivity contribution in [3.63, 3.8) is 0 Å². The van der Waals surface area contributed by atoms with Crippen molar-refractivity contribution in [3.8, 4) is 0 Å². The molecule has 0 aliphatic rings. The maximum Gasteiger partial charge on any atom is 0.253 e. The highest BCUT2D eigenvalue weighted by Gasteiger charge is 2.12. The van der Waals surface area contributed by atoms with Crippen LogP contribution < -0.4 is 16.0 Å². The van der Waals surface area contributed by atoms with Crippen LogP contribution in [0.15, 0.2) is 78.9 Å². The number of anilines is 2. The Morgan fingerprint density at radius 3 is 2.15 bits per heavy atom. The van der Waals surface area contributed by atoms with Gasteiger partial charge in [0.1, 0.15) is 0 Å². The van der Waals surface area contributed by atoms with Crippen molar-refractivity contribution in [1.29, 1.82) is 0 Å². The average molecular weight is 445 g/mol. The summed E-state index contributed by atoms with van der Waals surface area (Å²) in [5.41, 5.74) is 3.21. The largest absolute Gasteiger partial charge is 0.376 e. The molecule has 0 fully saturated rings. The predicted molar refractivity (Wildman–Crippen MR) is 130 cm³/mol. The van der Waals surface area contributed by atoms with E-state index in [2.05, 4.69) is 16.0 Å². The molecule has 170 valence electrons. The molecule has 3 amide bonds. The van der Waals surface area contributed by atoms with Crippen molar-refractivity contribution in [2.24, 2.45) is 0 Å². The molecule has 0 aromatic heterocycles. The van der Waals surface area contributed by atoms with E-state index in [4.69, 9.17) is 0 Å². The molecule has 0 aliphatic carbocycles. The maximum absolute atomic E-state index is 12.6. The number of amides is 3. The number of hydrogen-bond donors (Lipinski definition) is 3. The lowest BCUT2D eigenvalue weighted by Gasteiger charge is -2.15. The summed E-state index contributed by atoms with van der Waals surface area (Å²) in [5, 5.41) is 8.79. The number of benzene rings is 3. The second kappa shape index (κ2) is 10.9. The summed E-state index contributed by atoms with van der Waals surface area (Å²) in [6, 6.07) is 23.4. The monoisotopic (exact) mass is 444 g/mol. The highest BCUT2D eigenvalue weighted by atomic mass is 16.2. The van der Waals surface area contributed by atoms with Crippen molar-refractivity contribution in [2.75, 3.05) is 31.3 Å². The minimum atomic E-state index is -0.267. The first-order valence-electron chi connectivity index (χ1n) is 10.6. The molecule has 3 rings (SSSR count). The Labute approximate surface area is 193 Å². The minimum Gasteiger partial charge on any atom is -0.376 e. The van der Waals surface area contributed by atoms with E-state index in [9.17, 15) is 14.4 Å². The summed E-state index contributed by atoms with van der Waals surface area (Å²) < 4.78 is 0. The molecular weight excluding hydrogens is 416 g/mol. The normalized spacial score (nSPS) is 11.2. The van der Waals surface area contributed by atoms with E-state index in [-0.39, 0.29) is 30.3 Å². The first-order chi connectivity index (χ1) is 15.8. The van der Waals surface area contributed by atoms with Crippen molar-refractivity contribution in [3.05, 3.63) is 95.6 Å². The number of nitrogens with zero attached hydrogens (tertiary/aromatic N) is 1. The maximum atomic E-state index is 12.6. The summed E-state index contributed by atoms with van der Waals surface area (Å²) in [5.74, 6) is -0.597. The molecule has 0 saturated carbocycles. The van der Waals surface area contributed by atoms with Gasteiger partial charge in [-0.15, -0.1) is 0 Å². The first kappa shape index (κ1) is 23.5. The topological polar surface area (TPSA) is 90.5 Å². The molecule has 7 nitrogen and oxygen atoms in total. The van der Waals surface area contributed by atoms with Gasteiger partial charge in [0.25, 0.3) is 11.8 Å². The smallest absolute Gasteiger partial charge is 0.253 e. The molecule has 0 saturated heterocycles. The Balaban J connectivity index is 1.56. The van der Waals surface area contributed by atoms with E-state index >= 15 is 0 Å². The Morgan fingerprint density at radius 2 is 1.45 bits per heavy atom. The van der Waals surface area contributed by atoms with Crippen LogP contribution in [0.5, 0.6) is 0 Å². The van der Waals surface area contributed by atoms with Gasteiger partial charge in [0.15, 0.2) is 0 Å². The third-order valence-corrected chi connectivity index (χ3v) is 5.02. The molecule has 3 N–H and O–H groups in total. The molecule has 1 unspecified atom stereocenters. The van der Waals surface area contributed by atoms with E-state index < -0.39 is 0 Å². The van der Waals surface area contributed by atoms with Gasteiger partial charge in [-0.3, -0.25) is 14.4 Å². The fourth-order valence-corrected chi connectivity index (χ4v) is 3.25. The highest BCUT2D eigenvalue weighted by molar-refractivity contribution is 5.98. The Hall–Kier alpha value is -4.13. The van der Waals surface area contributed by atoms with E-state index in [1.54, 1.807) is 62.6 Å². The van der Waals surface area contributed by atoms with Gasteiger partial charge in [-0.2, -0.15) is 0 Å². The summed E-state index contributed by atoms with van der Waals surface area (Å²) in [6.07, 6.45) is 0. The van der Waals surface area contributed by atoms with E-state index in [0.717, 1.165) is 5.56 Å². The van der Waals surface area contributed by atoms with Crippen LogP contribution in [0.1, 0.15) is 39.2 Å². The lowest BCUT2D eigenvalue weighted by Crippen LogP contribution is -2.27. The lowest BCUT2D eigenvalue weighted by atomic mass is 10.1. The summed E-state index contributed by atoms with van der Waals surface area (Å²) >= 11 is 0. The van der Waals surface area contributed by atoms with Crippen LogP contribution in [0.3, 0.4) is 0 Å². The Bertz CT molecular complexity index is 1130. The Morgan fingerprint density at radius 1 is 0.818 bits per heavy atom. The van der Waals surface area contributed by atoms with Crippen molar-refractivity contribution < 1.29 is 14.4 Å². The summed E-state index contributed by atoms with van der Waals surface area (Å²) in [6.45, 7) is 1.94. The number of carbonyl (C=O) groups is 3. The van der Waals surface area contributed by atoms with Gasteiger partial charge in [-0.1, -0.05) is 42.5 Å². The van der Waals surface area contributed by atoms with Crippen molar-refractivity contribution >= 4 is 29.1 Å². The minimum absolute atomic E-state index is 0.0113. The fourth-order valence-electron chi connectivity index (χ4n) is 3.25. The van der Waals surface area contributed by atoms with E-state index in [1.165, 1.54) is 4.90 Å². The third-order valence-electron chi connectivity index (χ3n) is 5.02. The highest BCUT2D eigenvalue weighted by Crippen LogP contribution is 2.15. The van der Waals surface area contributed by atoms with Crippen molar-refractivity contribution in [2.45, 2.75) is 13.0 Å². The van der Waals surface area contributed by atoms with Gasteiger partial charge in [0, 0.05) is 36.6 Å². The summed E-state index contributed by atoms with van der Waals surface area (Å²) in [7, 11) is 3.35. The second-order valence-corrected chi connectivity index (χ2v) is 7.87. The van der Waals surface area contributed by atoms with Crippen molar-refractivity contribution in [1.82, 2.24) is 10.2 Å². The first-order valence-corrected chi connectivity index (χ1v) is 10.6. The number of hydrogen-bond acceptors (Lipinski definition) is 4. The molecular formula is C26H28N4O3. The van der Waals surface area contributed by atoms with Crippen LogP contribution in [-0.4, -0.2) is 43.3 Å². The second-order valence-electron chi connectivity index (χ2n) is 7.87. The molecule has 3 aromatic carbocycles. The van der Waals surface area contributed by atoms with Crippen LogP contribution >= 0.6 is 0 Å². The molecule has 0 heterocycles. The summed E-state index contributed by atoms with van der Waals surface area (Å²) in [4.78, 5) is 38.6. The zero-order valence-electron chi connectivity index (χ0n) is 19.0. The Kier molecular flexibility index (Phi) is 7.81.